The molecule has 0 atom stereocenters. The standard InChI is InChI=1S/C20H19ClN4O/c1-22-19-20(5-3-6-20)13-9-16(26-2)12(8-14(13)25-19)18-17(21)11-4-7-23-10-15(11)24-18/h4,7-10,24H,3,5-6H2,1-2H3,(H,22,25). The van der Waals surface area contributed by atoms with Gasteiger partial charge in [-0.3, -0.25) is 4.98 Å². The topological polar surface area (TPSA) is 62.3 Å². The summed E-state index contributed by atoms with van der Waals surface area (Å²) in [6.07, 6.45) is 7.01. The van der Waals surface area contributed by atoms with Gasteiger partial charge in [-0.15, -0.1) is 0 Å². The van der Waals surface area contributed by atoms with Crippen molar-refractivity contribution >= 4 is 34.0 Å². The van der Waals surface area contributed by atoms with Crippen molar-refractivity contribution < 1.29 is 4.74 Å². The van der Waals surface area contributed by atoms with Gasteiger partial charge in [-0.2, -0.15) is 0 Å². The number of ether oxygens (including phenoxy) is 1. The first-order valence-electron chi connectivity index (χ1n) is 8.79. The highest BCUT2D eigenvalue weighted by atomic mass is 35.5. The van der Waals surface area contributed by atoms with Crippen LogP contribution in [0.3, 0.4) is 0 Å². The minimum atomic E-state index is 0.0318. The number of methoxy groups -OCH3 is 1. The van der Waals surface area contributed by atoms with Crippen molar-refractivity contribution in [3.8, 4) is 17.0 Å². The van der Waals surface area contributed by atoms with Gasteiger partial charge < -0.3 is 15.0 Å². The first kappa shape index (κ1) is 15.7. The normalized spacial score (nSPS) is 17.1. The fourth-order valence-corrected chi connectivity index (χ4v) is 4.60. The van der Waals surface area contributed by atoms with Gasteiger partial charge in [-0.1, -0.05) is 18.0 Å². The maximum atomic E-state index is 6.66. The third-order valence-corrected chi connectivity index (χ3v) is 6.16. The molecule has 1 saturated carbocycles. The van der Waals surface area contributed by atoms with Crippen molar-refractivity contribution in [3.05, 3.63) is 41.2 Å². The molecule has 2 aromatic heterocycles. The van der Waals surface area contributed by atoms with Crippen molar-refractivity contribution in [1.29, 1.82) is 0 Å². The molecule has 132 valence electrons. The van der Waals surface area contributed by atoms with Crippen LogP contribution in [0.2, 0.25) is 5.02 Å². The molecule has 2 aliphatic rings. The van der Waals surface area contributed by atoms with Crippen LogP contribution in [-0.4, -0.2) is 30.0 Å². The van der Waals surface area contributed by atoms with Gasteiger partial charge in [0.15, 0.2) is 0 Å². The van der Waals surface area contributed by atoms with Crippen LogP contribution in [0.4, 0.5) is 5.69 Å². The summed E-state index contributed by atoms with van der Waals surface area (Å²) in [5.74, 6) is 1.87. The third kappa shape index (κ3) is 1.92. The summed E-state index contributed by atoms with van der Waals surface area (Å²) in [5, 5.41) is 4.93. The molecule has 5 rings (SSSR count). The Balaban J connectivity index is 1.73. The van der Waals surface area contributed by atoms with Gasteiger partial charge in [-0.05, 0) is 36.6 Å². The number of aromatic nitrogens is 2. The summed E-state index contributed by atoms with van der Waals surface area (Å²) in [4.78, 5) is 12.4. The Morgan fingerprint density at radius 3 is 2.81 bits per heavy atom. The lowest BCUT2D eigenvalue weighted by Crippen LogP contribution is -2.45. The van der Waals surface area contributed by atoms with E-state index in [1.165, 1.54) is 12.0 Å². The maximum absolute atomic E-state index is 6.66. The monoisotopic (exact) mass is 366 g/mol. The van der Waals surface area contributed by atoms with Crippen LogP contribution in [-0.2, 0) is 5.41 Å². The number of rotatable bonds is 2. The Labute approximate surface area is 156 Å². The number of H-pyrrole nitrogens is 1. The lowest BCUT2D eigenvalue weighted by molar-refractivity contribution is 0.338. The first-order chi connectivity index (χ1) is 12.7. The highest BCUT2D eigenvalue weighted by Gasteiger charge is 2.48. The predicted molar refractivity (Wildman–Crippen MR) is 105 cm³/mol. The number of benzene rings is 1. The molecule has 0 bridgehead atoms. The number of nitrogens with one attached hydrogen (secondary N) is 2. The minimum Gasteiger partial charge on any atom is -0.496 e. The van der Waals surface area contributed by atoms with Gasteiger partial charge >= 0.3 is 0 Å². The average Bonchev–Trinajstić information content (AvgIpc) is 3.15. The lowest BCUT2D eigenvalue weighted by atomic mass is 9.64. The second-order valence-electron chi connectivity index (χ2n) is 6.95. The molecule has 6 heteroatoms. The van der Waals surface area contributed by atoms with E-state index >= 15 is 0 Å². The van der Waals surface area contributed by atoms with Crippen LogP contribution >= 0.6 is 11.6 Å². The number of halogens is 1. The Bertz CT molecular complexity index is 1070. The van der Waals surface area contributed by atoms with E-state index in [1.54, 1.807) is 19.5 Å². The molecule has 5 nitrogen and oxygen atoms in total. The average molecular weight is 367 g/mol. The van der Waals surface area contributed by atoms with E-state index in [-0.39, 0.29) is 5.41 Å². The molecule has 1 spiro atoms. The fraction of sp³-hybridized carbons (Fsp3) is 0.300. The number of likely N-dealkylation sites (N-methyl/N-ethyl adjacent to an activating group) is 1. The molecule has 26 heavy (non-hydrogen) atoms. The molecule has 0 unspecified atom stereocenters. The van der Waals surface area contributed by atoms with Crippen molar-refractivity contribution in [2.45, 2.75) is 24.7 Å². The Hall–Kier alpha value is -2.53. The molecule has 1 fully saturated rings. The fourth-order valence-electron chi connectivity index (χ4n) is 4.29. The van der Waals surface area contributed by atoms with Crippen LogP contribution in [0.1, 0.15) is 24.8 Å². The SMILES string of the molecule is CNC1=Nc2cc(-c3[nH]c4cnccc4c3Cl)c(OC)cc2C12CCC2. The minimum absolute atomic E-state index is 0.0318. The molecular weight excluding hydrogens is 348 g/mol. The third-order valence-electron chi connectivity index (χ3n) is 5.77. The van der Waals surface area contributed by atoms with Crippen molar-refractivity contribution in [2.75, 3.05) is 14.2 Å². The second-order valence-corrected chi connectivity index (χ2v) is 7.33. The van der Waals surface area contributed by atoms with Crippen LogP contribution in [0.5, 0.6) is 5.75 Å². The van der Waals surface area contributed by atoms with Crippen LogP contribution in [0.25, 0.3) is 22.2 Å². The number of aliphatic imine (C=N–C) groups is 1. The maximum Gasteiger partial charge on any atom is 0.128 e. The predicted octanol–water partition coefficient (Wildman–Crippen LogP) is 4.58. The van der Waals surface area contributed by atoms with E-state index in [1.807, 2.05) is 13.1 Å². The highest BCUT2D eigenvalue weighted by Crippen LogP contribution is 2.54. The van der Waals surface area contributed by atoms with Crippen molar-refractivity contribution in [2.24, 2.45) is 4.99 Å². The summed E-state index contributed by atoms with van der Waals surface area (Å²) >= 11 is 6.66. The van der Waals surface area contributed by atoms with Crippen LogP contribution in [0.15, 0.2) is 35.6 Å². The van der Waals surface area contributed by atoms with E-state index in [4.69, 9.17) is 21.3 Å². The van der Waals surface area contributed by atoms with Gasteiger partial charge in [0.2, 0.25) is 0 Å². The zero-order chi connectivity index (χ0) is 17.9. The van der Waals surface area contributed by atoms with Crippen molar-refractivity contribution in [1.82, 2.24) is 15.3 Å². The summed E-state index contributed by atoms with van der Waals surface area (Å²) in [7, 11) is 3.65. The largest absolute Gasteiger partial charge is 0.496 e. The number of aromatic amines is 1. The van der Waals surface area contributed by atoms with Gasteiger partial charge in [-0.25, -0.2) is 4.99 Å². The highest BCUT2D eigenvalue weighted by molar-refractivity contribution is 6.38. The first-order valence-corrected chi connectivity index (χ1v) is 9.17. The molecule has 3 heterocycles. The number of amidine groups is 1. The lowest BCUT2D eigenvalue weighted by Gasteiger charge is -2.40. The number of nitrogens with zero attached hydrogens (tertiary/aromatic N) is 2. The van der Waals surface area contributed by atoms with Crippen molar-refractivity contribution in [3.63, 3.8) is 0 Å². The van der Waals surface area contributed by atoms with E-state index in [0.29, 0.717) is 5.02 Å². The number of pyridine rings is 1. The second kappa shape index (κ2) is 5.48. The van der Waals surface area contributed by atoms with E-state index in [2.05, 4.69) is 27.4 Å². The molecule has 1 aliphatic carbocycles. The van der Waals surface area contributed by atoms with Crippen LogP contribution in [0, 0.1) is 0 Å². The zero-order valence-electron chi connectivity index (χ0n) is 14.7. The van der Waals surface area contributed by atoms with Gasteiger partial charge in [0, 0.05) is 24.2 Å². The quantitative estimate of drug-likeness (QED) is 0.698. The Kier molecular flexibility index (Phi) is 3.31. The van der Waals surface area contributed by atoms with Gasteiger partial charge in [0.25, 0.3) is 0 Å². The summed E-state index contributed by atoms with van der Waals surface area (Å²) in [5.41, 5.74) is 4.95. The molecule has 1 aliphatic heterocycles. The molecule has 0 radical (unpaired) electrons. The summed E-state index contributed by atoms with van der Waals surface area (Å²) in [6.45, 7) is 0. The van der Waals surface area contributed by atoms with Gasteiger partial charge in [0.1, 0.15) is 11.6 Å². The molecule has 0 amide bonds. The number of fused-ring (bicyclic) bond motifs is 3. The van der Waals surface area contributed by atoms with E-state index < -0.39 is 0 Å². The van der Waals surface area contributed by atoms with E-state index in [0.717, 1.165) is 52.3 Å². The summed E-state index contributed by atoms with van der Waals surface area (Å²) in [6, 6.07) is 6.14. The molecule has 2 N–H and O–H groups in total. The number of hydrogen-bond acceptors (Lipinski definition) is 4. The molecule has 1 aromatic carbocycles. The van der Waals surface area contributed by atoms with Gasteiger partial charge in [0.05, 0.1) is 40.6 Å². The zero-order valence-corrected chi connectivity index (χ0v) is 15.4. The number of hydrogen-bond donors (Lipinski definition) is 2. The molecule has 3 aromatic rings. The Morgan fingerprint density at radius 1 is 1.31 bits per heavy atom. The van der Waals surface area contributed by atoms with Crippen LogP contribution < -0.4 is 10.1 Å². The van der Waals surface area contributed by atoms with E-state index in [9.17, 15) is 0 Å². The Morgan fingerprint density at radius 2 is 2.15 bits per heavy atom. The smallest absolute Gasteiger partial charge is 0.128 e. The summed E-state index contributed by atoms with van der Waals surface area (Å²) < 4.78 is 5.74. The molecular formula is C20H19ClN4O. The molecule has 0 saturated heterocycles.